The van der Waals surface area contributed by atoms with Gasteiger partial charge in [-0.3, -0.25) is 9.59 Å². The van der Waals surface area contributed by atoms with Gasteiger partial charge in [-0.1, -0.05) is 61.7 Å². The summed E-state index contributed by atoms with van der Waals surface area (Å²) in [5, 5.41) is 2.68. The predicted octanol–water partition coefficient (Wildman–Crippen LogP) is 5.93. The number of benzene rings is 3. The highest BCUT2D eigenvalue weighted by Gasteiger charge is 2.41. The van der Waals surface area contributed by atoms with E-state index in [0.717, 1.165) is 41.8 Å². The molecule has 1 heterocycles. The number of rotatable bonds is 4. The molecule has 0 bridgehead atoms. The minimum absolute atomic E-state index is 0.0220. The van der Waals surface area contributed by atoms with Gasteiger partial charge in [-0.05, 0) is 47.9 Å². The third-order valence-corrected chi connectivity index (χ3v) is 8.30. The molecule has 6 heteroatoms. The van der Waals surface area contributed by atoms with Gasteiger partial charge >= 0.3 is 0 Å². The maximum atomic E-state index is 13.3. The fourth-order valence-electron chi connectivity index (χ4n) is 5.12. The SMILES string of the molecule is O=C1c2cc3ccccc3cc2C(=O)C1c1ccc2cccc(OS(=O)C3CCCCC3)c2n1. The zero-order valence-corrected chi connectivity index (χ0v) is 19.3. The van der Waals surface area contributed by atoms with E-state index >= 15 is 0 Å². The molecule has 0 radical (unpaired) electrons. The van der Waals surface area contributed by atoms with E-state index in [4.69, 9.17) is 9.17 Å². The van der Waals surface area contributed by atoms with E-state index in [9.17, 15) is 13.8 Å². The molecule has 2 aliphatic rings. The van der Waals surface area contributed by atoms with Crippen molar-refractivity contribution in [1.29, 1.82) is 0 Å². The second kappa shape index (κ2) is 8.44. The van der Waals surface area contributed by atoms with Gasteiger partial charge in [-0.25, -0.2) is 9.19 Å². The second-order valence-corrected chi connectivity index (χ2v) is 10.4. The molecular weight excluding hydrogens is 446 g/mol. The van der Waals surface area contributed by atoms with Crippen molar-refractivity contribution in [2.75, 3.05) is 0 Å². The van der Waals surface area contributed by atoms with Gasteiger partial charge in [0.2, 0.25) is 11.1 Å². The highest BCUT2D eigenvalue weighted by Crippen LogP contribution is 2.37. The number of hydrogen-bond donors (Lipinski definition) is 0. The Morgan fingerprint density at radius 3 is 2.09 bits per heavy atom. The summed E-state index contributed by atoms with van der Waals surface area (Å²) in [5.41, 5.74) is 1.80. The predicted molar refractivity (Wildman–Crippen MR) is 133 cm³/mol. The summed E-state index contributed by atoms with van der Waals surface area (Å²) in [6, 6.07) is 20.3. The number of aromatic nitrogens is 1. The zero-order chi connectivity index (χ0) is 23.2. The molecule has 1 atom stereocenters. The Kier molecular flexibility index (Phi) is 5.26. The van der Waals surface area contributed by atoms with Crippen molar-refractivity contribution in [3.63, 3.8) is 0 Å². The number of Topliss-reactive ketones (excluding diaryl/α,β-unsaturated/α-hetero) is 2. The van der Waals surface area contributed by atoms with E-state index in [1.54, 1.807) is 24.3 Å². The van der Waals surface area contributed by atoms with Gasteiger partial charge in [0.25, 0.3) is 0 Å². The van der Waals surface area contributed by atoms with E-state index in [1.807, 2.05) is 42.5 Å². The smallest absolute Gasteiger partial charge is 0.209 e. The Balaban J connectivity index is 1.37. The van der Waals surface area contributed by atoms with Crippen LogP contribution in [0.15, 0.2) is 66.7 Å². The molecule has 3 aromatic carbocycles. The van der Waals surface area contributed by atoms with Crippen LogP contribution in [0, 0.1) is 0 Å². The summed E-state index contributed by atoms with van der Waals surface area (Å²) in [6.07, 6.45) is 5.11. The average molecular weight is 470 g/mol. The third kappa shape index (κ3) is 3.53. The Morgan fingerprint density at radius 1 is 0.765 bits per heavy atom. The number of carbonyl (C=O) groups excluding carboxylic acids is 2. The molecule has 0 N–H and O–H groups in total. The van der Waals surface area contributed by atoms with Gasteiger partial charge in [0, 0.05) is 16.5 Å². The van der Waals surface area contributed by atoms with E-state index in [1.165, 1.54) is 6.42 Å². The minimum Gasteiger partial charge on any atom is -0.398 e. The molecule has 4 aromatic rings. The molecule has 1 saturated carbocycles. The summed E-state index contributed by atoms with van der Waals surface area (Å²) < 4.78 is 18.8. The number of ketones is 2. The molecule has 2 aliphatic carbocycles. The molecule has 0 aliphatic heterocycles. The number of para-hydroxylation sites is 1. The first kappa shape index (κ1) is 21.2. The van der Waals surface area contributed by atoms with Crippen LogP contribution in [-0.2, 0) is 11.1 Å². The largest absolute Gasteiger partial charge is 0.398 e. The number of fused-ring (bicyclic) bond motifs is 3. The lowest BCUT2D eigenvalue weighted by molar-refractivity contribution is 0.0888. The van der Waals surface area contributed by atoms with E-state index in [-0.39, 0.29) is 16.8 Å². The maximum absolute atomic E-state index is 13.3. The van der Waals surface area contributed by atoms with E-state index in [0.29, 0.717) is 28.1 Å². The van der Waals surface area contributed by atoms with Crippen LogP contribution in [0.4, 0.5) is 0 Å². The van der Waals surface area contributed by atoms with Crippen LogP contribution in [0.25, 0.3) is 21.7 Å². The Bertz CT molecular complexity index is 1430. The van der Waals surface area contributed by atoms with Crippen LogP contribution in [0.3, 0.4) is 0 Å². The van der Waals surface area contributed by atoms with Crippen molar-refractivity contribution in [2.45, 2.75) is 43.3 Å². The van der Waals surface area contributed by atoms with Crippen molar-refractivity contribution in [3.05, 3.63) is 83.6 Å². The topological polar surface area (TPSA) is 73.3 Å². The summed E-state index contributed by atoms with van der Waals surface area (Å²) in [6.45, 7) is 0. The molecule has 1 unspecified atom stereocenters. The van der Waals surface area contributed by atoms with Crippen LogP contribution in [-0.4, -0.2) is 26.0 Å². The van der Waals surface area contributed by atoms with Crippen molar-refractivity contribution < 1.29 is 18.0 Å². The molecule has 0 spiro atoms. The van der Waals surface area contributed by atoms with Gasteiger partial charge in [-0.2, -0.15) is 0 Å². The number of nitrogens with zero attached hydrogens (tertiary/aromatic N) is 1. The summed E-state index contributed by atoms with van der Waals surface area (Å²) in [7, 11) is 0. The standard InChI is InChI=1S/C28H23NO4S/c30-27-21-15-18-7-4-5-8-19(18)16-22(21)28(31)25(27)23-14-13-17-9-6-12-24(26(17)29-23)33-34(32)20-10-2-1-3-11-20/h4-9,12-16,20,25H,1-3,10-11H2. The first-order valence-electron chi connectivity index (χ1n) is 11.7. The summed E-state index contributed by atoms with van der Waals surface area (Å²) >= 11 is -1.46. The van der Waals surface area contributed by atoms with Crippen LogP contribution in [0.1, 0.15) is 64.4 Å². The van der Waals surface area contributed by atoms with Gasteiger partial charge < -0.3 is 4.18 Å². The molecule has 1 fully saturated rings. The summed E-state index contributed by atoms with van der Waals surface area (Å²) in [4.78, 5) is 31.3. The van der Waals surface area contributed by atoms with E-state index in [2.05, 4.69) is 0 Å². The summed E-state index contributed by atoms with van der Waals surface area (Å²) in [5.74, 6) is -1.03. The first-order chi connectivity index (χ1) is 16.6. The highest BCUT2D eigenvalue weighted by molar-refractivity contribution is 7.81. The van der Waals surface area contributed by atoms with Gasteiger partial charge in [0.05, 0.1) is 10.9 Å². The molecule has 170 valence electrons. The van der Waals surface area contributed by atoms with Gasteiger partial charge in [-0.15, -0.1) is 0 Å². The first-order valence-corrected chi connectivity index (χ1v) is 12.8. The molecule has 0 saturated heterocycles. The number of hydrogen-bond acceptors (Lipinski definition) is 5. The second-order valence-electron chi connectivity index (χ2n) is 9.07. The minimum atomic E-state index is -1.46. The van der Waals surface area contributed by atoms with Crippen LogP contribution in [0.2, 0.25) is 0 Å². The monoisotopic (exact) mass is 469 g/mol. The third-order valence-electron chi connectivity index (χ3n) is 6.94. The Morgan fingerprint density at radius 2 is 1.41 bits per heavy atom. The Hall–Kier alpha value is -3.38. The quantitative estimate of drug-likeness (QED) is 0.347. The molecule has 5 nitrogen and oxygen atoms in total. The molecule has 1 aromatic heterocycles. The molecular formula is C28H23NO4S. The fourth-order valence-corrected chi connectivity index (χ4v) is 6.29. The zero-order valence-electron chi connectivity index (χ0n) is 18.5. The fraction of sp³-hybridized carbons (Fsp3) is 0.250. The number of pyridine rings is 1. The molecule has 6 rings (SSSR count). The van der Waals surface area contributed by atoms with Crippen LogP contribution >= 0.6 is 0 Å². The highest BCUT2D eigenvalue weighted by atomic mass is 32.2. The molecule has 34 heavy (non-hydrogen) atoms. The lowest BCUT2D eigenvalue weighted by atomic mass is 9.98. The normalized spacial score (nSPS) is 17.9. The van der Waals surface area contributed by atoms with Crippen LogP contribution in [0.5, 0.6) is 5.75 Å². The van der Waals surface area contributed by atoms with Crippen molar-refractivity contribution >= 4 is 44.3 Å². The van der Waals surface area contributed by atoms with Gasteiger partial charge in [0.15, 0.2) is 17.3 Å². The van der Waals surface area contributed by atoms with Crippen molar-refractivity contribution in [3.8, 4) is 5.75 Å². The van der Waals surface area contributed by atoms with E-state index < -0.39 is 17.0 Å². The lowest BCUT2D eigenvalue weighted by Crippen LogP contribution is -2.22. The van der Waals surface area contributed by atoms with Gasteiger partial charge in [0.1, 0.15) is 11.4 Å². The average Bonchev–Trinajstić information content (AvgIpc) is 3.12. The van der Waals surface area contributed by atoms with Crippen molar-refractivity contribution in [1.82, 2.24) is 4.98 Å². The number of carbonyl (C=O) groups is 2. The lowest BCUT2D eigenvalue weighted by Gasteiger charge is -2.20. The molecule has 0 amide bonds. The van der Waals surface area contributed by atoms with Crippen LogP contribution < -0.4 is 4.18 Å². The van der Waals surface area contributed by atoms with Crippen molar-refractivity contribution in [2.24, 2.45) is 0 Å². The Labute approximate surface area is 199 Å². The maximum Gasteiger partial charge on any atom is 0.209 e.